The molecule has 3 rings (SSSR count). The maximum Gasteiger partial charge on any atom is 0.255 e. The Morgan fingerprint density at radius 1 is 0.967 bits per heavy atom. The molecule has 1 heterocycles. The number of hydrogen-bond donors (Lipinski definition) is 2. The minimum atomic E-state index is -0.248. The highest BCUT2D eigenvalue weighted by Gasteiger charge is 2.17. The molecule has 8 heteroatoms. The third-order valence-corrected chi connectivity index (χ3v) is 4.54. The van der Waals surface area contributed by atoms with Crippen LogP contribution in [0, 0.1) is 0 Å². The SMILES string of the molecule is CCOc1cc(CNC(=O)c2cn[nH]c2-c2ccc(OC)c(OC)c2)ccc1OC. The number of benzene rings is 2. The first-order valence-corrected chi connectivity index (χ1v) is 9.44. The van der Waals surface area contributed by atoms with Crippen molar-refractivity contribution >= 4 is 5.91 Å². The third kappa shape index (κ3) is 4.48. The van der Waals surface area contributed by atoms with E-state index in [2.05, 4.69) is 15.5 Å². The number of hydrogen-bond acceptors (Lipinski definition) is 6. The molecule has 1 aromatic heterocycles. The second-order valence-electron chi connectivity index (χ2n) is 6.33. The number of H-pyrrole nitrogens is 1. The lowest BCUT2D eigenvalue weighted by Gasteiger charge is -2.12. The van der Waals surface area contributed by atoms with Gasteiger partial charge in [0.05, 0.1) is 45.4 Å². The van der Waals surface area contributed by atoms with E-state index in [-0.39, 0.29) is 5.91 Å². The van der Waals surface area contributed by atoms with Crippen LogP contribution in [0.3, 0.4) is 0 Å². The number of carbonyl (C=O) groups is 1. The van der Waals surface area contributed by atoms with Gasteiger partial charge in [0.2, 0.25) is 0 Å². The summed E-state index contributed by atoms with van der Waals surface area (Å²) in [5.74, 6) is 2.22. The van der Waals surface area contributed by atoms with E-state index in [9.17, 15) is 4.79 Å². The highest BCUT2D eigenvalue weighted by Crippen LogP contribution is 2.33. The number of nitrogens with zero attached hydrogens (tertiary/aromatic N) is 1. The third-order valence-electron chi connectivity index (χ3n) is 4.54. The van der Waals surface area contributed by atoms with Crippen LogP contribution in [0.2, 0.25) is 0 Å². The maximum absolute atomic E-state index is 12.8. The van der Waals surface area contributed by atoms with Gasteiger partial charge in [-0.25, -0.2) is 0 Å². The normalized spacial score (nSPS) is 10.4. The van der Waals surface area contributed by atoms with Gasteiger partial charge < -0.3 is 24.3 Å². The molecule has 0 spiro atoms. The summed E-state index contributed by atoms with van der Waals surface area (Å²) in [6, 6.07) is 11.0. The highest BCUT2D eigenvalue weighted by atomic mass is 16.5. The number of aromatic nitrogens is 2. The molecule has 0 aliphatic carbocycles. The van der Waals surface area contributed by atoms with E-state index < -0.39 is 0 Å². The first kappa shape index (κ1) is 21.0. The van der Waals surface area contributed by atoms with E-state index in [4.69, 9.17) is 18.9 Å². The summed E-state index contributed by atoms with van der Waals surface area (Å²) in [5, 5.41) is 9.84. The number of methoxy groups -OCH3 is 3. The molecule has 1 amide bonds. The molecule has 158 valence electrons. The van der Waals surface area contributed by atoms with Crippen LogP contribution in [-0.2, 0) is 6.54 Å². The number of amides is 1. The van der Waals surface area contributed by atoms with Gasteiger partial charge in [-0.1, -0.05) is 6.07 Å². The Labute approximate surface area is 175 Å². The van der Waals surface area contributed by atoms with Gasteiger partial charge in [0.25, 0.3) is 5.91 Å². The molecule has 3 aromatic rings. The molecule has 2 aromatic carbocycles. The molecule has 0 unspecified atom stereocenters. The molecular formula is C22H25N3O5. The molecule has 0 saturated heterocycles. The fourth-order valence-electron chi connectivity index (χ4n) is 3.05. The molecule has 0 aliphatic rings. The van der Waals surface area contributed by atoms with Crippen LogP contribution < -0.4 is 24.3 Å². The monoisotopic (exact) mass is 411 g/mol. The number of ether oxygens (including phenoxy) is 4. The van der Waals surface area contributed by atoms with Crippen molar-refractivity contribution in [2.45, 2.75) is 13.5 Å². The fourth-order valence-corrected chi connectivity index (χ4v) is 3.05. The van der Waals surface area contributed by atoms with Gasteiger partial charge in [0, 0.05) is 12.1 Å². The standard InChI is InChI=1S/C22H25N3O5/c1-5-30-20-10-14(6-8-18(20)28-3)12-23-22(26)16-13-24-25-21(16)15-7-9-17(27-2)19(11-15)29-4/h6-11,13H,5,12H2,1-4H3,(H,23,26)(H,24,25). The smallest absolute Gasteiger partial charge is 0.255 e. The van der Waals surface area contributed by atoms with Crippen molar-refractivity contribution in [3.63, 3.8) is 0 Å². The van der Waals surface area contributed by atoms with Crippen molar-refractivity contribution in [3.05, 3.63) is 53.7 Å². The summed E-state index contributed by atoms with van der Waals surface area (Å²) < 4.78 is 21.5. The molecular weight excluding hydrogens is 386 g/mol. The molecule has 0 atom stereocenters. The molecule has 0 aliphatic heterocycles. The van der Waals surface area contributed by atoms with Crippen LogP contribution in [0.4, 0.5) is 0 Å². The van der Waals surface area contributed by atoms with Crippen molar-refractivity contribution in [2.75, 3.05) is 27.9 Å². The maximum atomic E-state index is 12.8. The molecule has 0 radical (unpaired) electrons. The minimum absolute atomic E-state index is 0.248. The summed E-state index contributed by atoms with van der Waals surface area (Å²) in [6.07, 6.45) is 1.50. The zero-order chi connectivity index (χ0) is 21.5. The Morgan fingerprint density at radius 2 is 1.67 bits per heavy atom. The van der Waals surface area contributed by atoms with Gasteiger partial charge in [-0.15, -0.1) is 0 Å². The minimum Gasteiger partial charge on any atom is -0.493 e. The Hall–Kier alpha value is -3.68. The summed E-state index contributed by atoms with van der Waals surface area (Å²) >= 11 is 0. The summed E-state index contributed by atoms with van der Waals surface area (Å²) in [7, 11) is 4.73. The van der Waals surface area contributed by atoms with Crippen LogP contribution in [0.15, 0.2) is 42.6 Å². The zero-order valence-corrected chi connectivity index (χ0v) is 17.4. The van der Waals surface area contributed by atoms with Crippen LogP contribution in [0.25, 0.3) is 11.3 Å². The highest BCUT2D eigenvalue weighted by molar-refractivity contribution is 5.99. The number of carbonyl (C=O) groups excluding carboxylic acids is 1. The lowest BCUT2D eigenvalue weighted by molar-refractivity contribution is 0.0951. The summed E-state index contributed by atoms with van der Waals surface area (Å²) in [5.41, 5.74) is 2.68. The molecule has 8 nitrogen and oxygen atoms in total. The van der Waals surface area contributed by atoms with Crippen LogP contribution in [-0.4, -0.2) is 44.0 Å². The Kier molecular flexibility index (Phi) is 6.79. The number of nitrogens with one attached hydrogen (secondary N) is 2. The van der Waals surface area contributed by atoms with Gasteiger partial charge in [-0.05, 0) is 42.8 Å². The fraction of sp³-hybridized carbons (Fsp3) is 0.273. The van der Waals surface area contributed by atoms with Crippen molar-refractivity contribution in [3.8, 4) is 34.3 Å². The topological polar surface area (TPSA) is 94.7 Å². The summed E-state index contributed by atoms with van der Waals surface area (Å²) in [6.45, 7) is 2.76. The second kappa shape index (κ2) is 9.69. The van der Waals surface area contributed by atoms with E-state index in [0.29, 0.717) is 47.4 Å². The Morgan fingerprint density at radius 3 is 2.37 bits per heavy atom. The van der Waals surface area contributed by atoms with E-state index in [1.807, 2.05) is 31.2 Å². The largest absolute Gasteiger partial charge is 0.493 e. The van der Waals surface area contributed by atoms with Crippen molar-refractivity contribution in [2.24, 2.45) is 0 Å². The zero-order valence-electron chi connectivity index (χ0n) is 17.4. The van der Waals surface area contributed by atoms with Gasteiger partial charge in [0.15, 0.2) is 23.0 Å². The van der Waals surface area contributed by atoms with Crippen molar-refractivity contribution in [1.29, 1.82) is 0 Å². The van der Waals surface area contributed by atoms with Crippen molar-refractivity contribution in [1.82, 2.24) is 15.5 Å². The molecule has 30 heavy (non-hydrogen) atoms. The lowest BCUT2D eigenvalue weighted by atomic mass is 10.1. The molecule has 0 fully saturated rings. The van der Waals surface area contributed by atoms with Gasteiger partial charge in [-0.2, -0.15) is 5.10 Å². The predicted molar refractivity (Wildman–Crippen MR) is 112 cm³/mol. The quantitative estimate of drug-likeness (QED) is 0.560. The Balaban J connectivity index is 1.77. The molecule has 0 bridgehead atoms. The van der Waals surface area contributed by atoms with E-state index in [1.165, 1.54) is 6.20 Å². The van der Waals surface area contributed by atoms with Gasteiger partial charge >= 0.3 is 0 Å². The molecule has 0 saturated carbocycles. The average molecular weight is 411 g/mol. The Bertz CT molecular complexity index is 1020. The van der Waals surface area contributed by atoms with Crippen LogP contribution in [0.5, 0.6) is 23.0 Å². The van der Waals surface area contributed by atoms with Crippen LogP contribution >= 0.6 is 0 Å². The van der Waals surface area contributed by atoms with E-state index in [0.717, 1.165) is 11.1 Å². The first-order valence-electron chi connectivity index (χ1n) is 9.44. The number of aromatic amines is 1. The van der Waals surface area contributed by atoms with E-state index >= 15 is 0 Å². The second-order valence-corrected chi connectivity index (χ2v) is 6.33. The van der Waals surface area contributed by atoms with Gasteiger partial charge in [-0.3, -0.25) is 9.89 Å². The first-order chi connectivity index (χ1) is 14.6. The molecule has 2 N–H and O–H groups in total. The van der Waals surface area contributed by atoms with Crippen LogP contribution in [0.1, 0.15) is 22.8 Å². The lowest BCUT2D eigenvalue weighted by Crippen LogP contribution is -2.23. The summed E-state index contributed by atoms with van der Waals surface area (Å²) in [4.78, 5) is 12.8. The van der Waals surface area contributed by atoms with Crippen molar-refractivity contribution < 1.29 is 23.7 Å². The average Bonchev–Trinajstić information content (AvgIpc) is 3.27. The number of rotatable bonds is 9. The van der Waals surface area contributed by atoms with E-state index in [1.54, 1.807) is 33.5 Å². The predicted octanol–water partition coefficient (Wildman–Crippen LogP) is 3.43. The van der Waals surface area contributed by atoms with Gasteiger partial charge in [0.1, 0.15) is 0 Å².